The third-order valence-electron chi connectivity index (χ3n) is 2.10. The number of rotatable bonds is 3. The minimum atomic E-state index is -0.222. The number of imidazole rings is 1. The van der Waals surface area contributed by atoms with E-state index in [9.17, 15) is 4.79 Å². The first-order valence-corrected chi connectivity index (χ1v) is 4.65. The molecule has 0 spiro atoms. The molecule has 2 aromatic rings. The third kappa shape index (κ3) is 2.12. The Hall–Kier alpha value is -1.91. The first kappa shape index (κ1) is 9.64. The highest BCUT2D eigenvalue weighted by atomic mass is 16.5. The van der Waals surface area contributed by atoms with Crippen LogP contribution in [0.25, 0.3) is 5.78 Å². The molecule has 2 aromatic heterocycles. The highest BCUT2D eigenvalue weighted by Crippen LogP contribution is 2.04. The van der Waals surface area contributed by atoms with Crippen molar-refractivity contribution in [1.29, 1.82) is 0 Å². The molecule has 5 heteroatoms. The Morgan fingerprint density at radius 3 is 3.20 bits per heavy atom. The van der Waals surface area contributed by atoms with Crippen molar-refractivity contribution in [2.45, 2.75) is 12.8 Å². The van der Waals surface area contributed by atoms with Crippen molar-refractivity contribution in [2.75, 3.05) is 7.11 Å². The number of ether oxygens (including phenoxy) is 1. The maximum absolute atomic E-state index is 10.9. The summed E-state index contributed by atoms with van der Waals surface area (Å²) in [5.41, 5.74) is 0.846. The summed E-state index contributed by atoms with van der Waals surface area (Å²) in [5.74, 6) is 0.428. The van der Waals surface area contributed by atoms with E-state index in [1.807, 2.05) is 22.9 Å². The summed E-state index contributed by atoms with van der Waals surface area (Å²) in [4.78, 5) is 19.3. The van der Waals surface area contributed by atoms with E-state index >= 15 is 0 Å². The lowest BCUT2D eigenvalue weighted by Crippen LogP contribution is -2.01. The second kappa shape index (κ2) is 4.08. The van der Waals surface area contributed by atoms with Gasteiger partial charge in [0.2, 0.25) is 5.78 Å². The molecular weight excluding hydrogens is 194 g/mol. The van der Waals surface area contributed by atoms with Gasteiger partial charge in [0.1, 0.15) is 0 Å². The monoisotopic (exact) mass is 205 g/mol. The zero-order chi connectivity index (χ0) is 10.7. The van der Waals surface area contributed by atoms with E-state index in [1.165, 1.54) is 7.11 Å². The van der Waals surface area contributed by atoms with Crippen LogP contribution in [0.4, 0.5) is 0 Å². The van der Waals surface area contributed by atoms with E-state index in [0.29, 0.717) is 18.6 Å². The molecule has 0 amide bonds. The fourth-order valence-corrected chi connectivity index (χ4v) is 1.33. The average molecular weight is 205 g/mol. The molecule has 2 heterocycles. The number of methoxy groups -OCH3 is 1. The number of hydrogen-bond donors (Lipinski definition) is 0. The predicted octanol–water partition coefficient (Wildman–Crippen LogP) is 0.835. The van der Waals surface area contributed by atoms with Gasteiger partial charge in [0.25, 0.3) is 0 Å². The van der Waals surface area contributed by atoms with Crippen molar-refractivity contribution < 1.29 is 9.53 Å². The van der Waals surface area contributed by atoms with Gasteiger partial charge in [-0.25, -0.2) is 9.97 Å². The number of carbonyl (C=O) groups is 1. The van der Waals surface area contributed by atoms with Gasteiger partial charge in [-0.2, -0.15) is 0 Å². The van der Waals surface area contributed by atoms with Crippen molar-refractivity contribution in [1.82, 2.24) is 14.4 Å². The Labute approximate surface area is 86.7 Å². The summed E-state index contributed by atoms with van der Waals surface area (Å²) in [6.07, 6.45) is 6.35. The zero-order valence-electron chi connectivity index (χ0n) is 8.38. The summed E-state index contributed by atoms with van der Waals surface area (Å²) in [5, 5.41) is 0. The second-order valence-electron chi connectivity index (χ2n) is 3.14. The lowest BCUT2D eigenvalue weighted by molar-refractivity contribution is -0.140. The Morgan fingerprint density at radius 2 is 2.47 bits per heavy atom. The van der Waals surface area contributed by atoms with Crippen LogP contribution >= 0.6 is 0 Å². The van der Waals surface area contributed by atoms with Crippen molar-refractivity contribution >= 4 is 11.7 Å². The maximum Gasteiger partial charge on any atom is 0.305 e. The molecule has 0 aliphatic heterocycles. The average Bonchev–Trinajstić information content (AvgIpc) is 2.68. The molecule has 0 fully saturated rings. The van der Waals surface area contributed by atoms with E-state index in [-0.39, 0.29) is 5.97 Å². The summed E-state index contributed by atoms with van der Waals surface area (Å²) in [7, 11) is 1.38. The highest BCUT2D eigenvalue weighted by molar-refractivity contribution is 5.69. The van der Waals surface area contributed by atoms with Crippen LogP contribution in [0.3, 0.4) is 0 Å². The topological polar surface area (TPSA) is 56.5 Å². The molecule has 0 aliphatic carbocycles. The largest absolute Gasteiger partial charge is 0.469 e. The number of aryl methyl sites for hydroxylation is 1. The first-order valence-electron chi connectivity index (χ1n) is 4.65. The van der Waals surface area contributed by atoms with Crippen molar-refractivity contribution in [2.24, 2.45) is 0 Å². The van der Waals surface area contributed by atoms with E-state index in [0.717, 1.165) is 5.69 Å². The Balaban J connectivity index is 2.12. The lowest BCUT2D eigenvalue weighted by atomic mass is 10.2. The summed E-state index contributed by atoms with van der Waals surface area (Å²) in [6.45, 7) is 0. The van der Waals surface area contributed by atoms with Crippen molar-refractivity contribution in [3.05, 3.63) is 30.4 Å². The fraction of sp³-hybridized carbons (Fsp3) is 0.300. The van der Waals surface area contributed by atoms with Crippen LogP contribution in [0.1, 0.15) is 12.1 Å². The smallest absolute Gasteiger partial charge is 0.305 e. The third-order valence-corrected chi connectivity index (χ3v) is 2.10. The SMILES string of the molecule is COC(=O)CCc1cn2cccnc2n1. The Bertz CT molecular complexity index is 445. The van der Waals surface area contributed by atoms with Crippen LogP contribution in [0.2, 0.25) is 0 Å². The minimum absolute atomic E-state index is 0.222. The molecule has 0 bridgehead atoms. The molecule has 78 valence electrons. The normalized spacial score (nSPS) is 10.5. The van der Waals surface area contributed by atoms with Gasteiger partial charge in [0.15, 0.2) is 0 Å². The maximum atomic E-state index is 10.9. The van der Waals surface area contributed by atoms with Gasteiger partial charge in [-0.15, -0.1) is 0 Å². The predicted molar refractivity (Wildman–Crippen MR) is 53.3 cm³/mol. The zero-order valence-corrected chi connectivity index (χ0v) is 8.38. The standard InChI is InChI=1S/C10H11N3O2/c1-15-9(14)4-3-8-7-13-6-2-5-11-10(13)12-8/h2,5-7H,3-4H2,1H3. The number of fused-ring (bicyclic) bond motifs is 1. The van der Waals surface area contributed by atoms with E-state index in [2.05, 4.69) is 14.7 Å². The summed E-state index contributed by atoms with van der Waals surface area (Å²) < 4.78 is 6.38. The van der Waals surface area contributed by atoms with E-state index in [1.54, 1.807) is 6.20 Å². The second-order valence-corrected chi connectivity index (χ2v) is 3.14. The number of carbonyl (C=O) groups excluding carboxylic acids is 1. The number of aromatic nitrogens is 3. The quantitative estimate of drug-likeness (QED) is 0.696. The van der Waals surface area contributed by atoms with Crippen LogP contribution in [0, 0.1) is 0 Å². The van der Waals surface area contributed by atoms with Crippen molar-refractivity contribution in [3.63, 3.8) is 0 Å². The molecule has 0 aliphatic rings. The van der Waals surface area contributed by atoms with Gasteiger partial charge < -0.3 is 4.74 Å². The van der Waals surface area contributed by atoms with Gasteiger partial charge in [-0.05, 0) is 6.07 Å². The summed E-state index contributed by atoms with van der Waals surface area (Å²) in [6, 6.07) is 1.83. The fourth-order valence-electron chi connectivity index (χ4n) is 1.33. The molecule has 0 aromatic carbocycles. The van der Waals surface area contributed by atoms with Crippen LogP contribution in [-0.4, -0.2) is 27.4 Å². The molecule has 0 saturated heterocycles. The molecular formula is C10H11N3O2. The van der Waals surface area contributed by atoms with Crippen LogP contribution in [0.15, 0.2) is 24.7 Å². The Morgan fingerprint density at radius 1 is 1.60 bits per heavy atom. The molecule has 0 N–H and O–H groups in total. The van der Waals surface area contributed by atoms with E-state index in [4.69, 9.17) is 0 Å². The molecule has 15 heavy (non-hydrogen) atoms. The molecule has 0 radical (unpaired) electrons. The number of esters is 1. The van der Waals surface area contributed by atoms with Crippen LogP contribution in [0.5, 0.6) is 0 Å². The molecule has 0 saturated carbocycles. The number of nitrogens with zero attached hydrogens (tertiary/aromatic N) is 3. The summed E-state index contributed by atoms with van der Waals surface area (Å²) >= 11 is 0. The van der Waals surface area contributed by atoms with Crippen LogP contribution < -0.4 is 0 Å². The van der Waals surface area contributed by atoms with Gasteiger partial charge in [0, 0.05) is 25.0 Å². The van der Waals surface area contributed by atoms with Crippen LogP contribution in [-0.2, 0) is 16.0 Å². The number of hydrogen-bond acceptors (Lipinski definition) is 4. The lowest BCUT2D eigenvalue weighted by Gasteiger charge is -1.94. The van der Waals surface area contributed by atoms with E-state index < -0.39 is 0 Å². The minimum Gasteiger partial charge on any atom is -0.469 e. The van der Waals surface area contributed by atoms with Gasteiger partial charge in [-0.1, -0.05) is 0 Å². The molecule has 0 atom stereocenters. The highest BCUT2D eigenvalue weighted by Gasteiger charge is 2.05. The van der Waals surface area contributed by atoms with Crippen molar-refractivity contribution in [3.8, 4) is 0 Å². The van der Waals surface area contributed by atoms with Gasteiger partial charge in [-0.3, -0.25) is 9.20 Å². The Kier molecular flexibility index (Phi) is 2.62. The van der Waals surface area contributed by atoms with Gasteiger partial charge in [0.05, 0.1) is 19.2 Å². The molecule has 2 rings (SSSR count). The molecule has 0 unspecified atom stereocenters. The van der Waals surface area contributed by atoms with Gasteiger partial charge >= 0.3 is 5.97 Å². The molecule has 5 nitrogen and oxygen atoms in total. The first-order chi connectivity index (χ1) is 7.29.